The molecule has 0 spiro atoms. The van der Waals surface area contributed by atoms with Gasteiger partial charge in [-0.3, -0.25) is 0 Å². The van der Waals surface area contributed by atoms with E-state index in [4.69, 9.17) is 9.84 Å². The quantitative estimate of drug-likeness (QED) is 0.826. The standard InChI is InChI=1S/C15H18F2N2O5/c16-13(17)23-9-12-6-11(7-19(12)15(21)22)18-14(20)24-8-10-4-2-1-3-5-10/h1-5,11-13H,6-9H2,(H,18,20)(H,21,22)/t11-,12-/m0/s1. The number of likely N-dealkylation sites (tertiary alicyclic amines) is 1. The maximum atomic E-state index is 12.1. The van der Waals surface area contributed by atoms with Gasteiger partial charge in [0, 0.05) is 6.54 Å². The van der Waals surface area contributed by atoms with Crippen LogP contribution >= 0.6 is 0 Å². The lowest BCUT2D eigenvalue weighted by atomic mass is 10.2. The van der Waals surface area contributed by atoms with Crippen LogP contribution in [0.3, 0.4) is 0 Å². The molecular weight excluding hydrogens is 326 g/mol. The summed E-state index contributed by atoms with van der Waals surface area (Å²) < 4.78 is 33.4. The average molecular weight is 344 g/mol. The predicted molar refractivity (Wildman–Crippen MR) is 78.6 cm³/mol. The molecule has 1 aromatic carbocycles. The smallest absolute Gasteiger partial charge is 0.407 e. The minimum Gasteiger partial charge on any atom is -0.465 e. The second-order valence-corrected chi connectivity index (χ2v) is 5.32. The topological polar surface area (TPSA) is 88.1 Å². The highest BCUT2D eigenvalue weighted by Crippen LogP contribution is 2.19. The normalized spacial score (nSPS) is 20.2. The van der Waals surface area contributed by atoms with Crippen LogP contribution in [0.2, 0.25) is 0 Å². The summed E-state index contributed by atoms with van der Waals surface area (Å²) in [5, 5.41) is 11.6. The van der Waals surface area contributed by atoms with Gasteiger partial charge in [0.1, 0.15) is 6.61 Å². The van der Waals surface area contributed by atoms with Gasteiger partial charge in [0.25, 0.3) is 0 Å². The first-order valence-electron chi connectivity index (χ1n) is 7.32. The van der Waals surface area contributed by atoms with Crippen molar-refractivity contribution >= 4 is 12.2 Å². The van der Waals surface area contributed by atoms with E-state index in [2.05, 4.69) is 10.1 Å². The summed E-state index contributed by atoms with van der Waals surface area (Å²) in [4.78, 5) is 23.9. The van der Waals surface area contributed by atoms with Gasteiger partial charge in [0.05, 0.1) is 18.7 Å². The third-order valence-electron chi connectivity index (χ3n) is 3.61. The van der Waals surface area contributed by atoms with Crippen molar-refractivity contribution in [3.63, 3.8) is 0 Å². The zero-order valence-corrected chi connectivity index (χ0v) is 12.7. The van der Waals surface area contributed by atoms with Crippen LogP contribution in [0, 0.1) is 0 Å². The number of nitrogens with zero attached hydrogens (tertiary/aromatic N) is 1. The van der Waals surface area contributed by atoms with Gasteiger partial charge in [-0.1, -0.05) is 30.3 Å². The number of halogens is 2. The molecule has 0 saturated carbocycles. The molecule has 0 radical (unpaired) electrons. The average Bonchev–Trinajstić information content (AvgIpc) is 2.95. The van der Waals surface area contributed by atoms with E-state index in [1.54, 1.807) is 12.1 Å². The molecule has 9 heteroatoms. The summed E-state index contributed by atoms with van der Waals surface area (Å²) in [5.74, 6) is 0. The molecule has 0 aromatic heterocycles. The Morgan fingerprint density at radius 1 is 1.33 bits per heavy atom. The van der Waals surface area contributed by atoms with Crippen molar-refractivity contribution in [1.82, 2.24) is 10.2 Å². The van der Waals surface area contributed by atoms with Crippen LogP contribution < -0.4 is 5.32 Å². The Kier molecular flexibility index (Phi) is 6.30. The molecule has 7 nitrogen and oxygen atoms in total. The van der Waals surface area contributed by atoms with Gasteiger partial charge in [-0.2, -0.15) is 8.78 Å². The van der Waals surface area contributed by atoms with Gasteiger partial charge in [-0.05, 0) is 12.0 Å². The molecule has 24 heavy (non-hydrogen) atoms. The lowest BCUT2D eigenvalue weighted by Gasteiger charge is -2.20. The third-order valence-corrected chi connectivity index (χ3v) is 3.61. The van der Waals surface area contributed by atoms with E-state index in [9.17, 15) is 18.4 Å². The van der Waals surface area contributed by atoms with Crippen molar-refractivity contribution in [2.75, 3.05) is 13.2 Å². The van der Waals surface area contributed by atoms with Crippen molar-refractivity contribution in [1.29, 1.82) is 0 Å². The van der Waals surface area contributed by atoms with Crippen LogP contribution in [-0.4, -0.2) is 54.0 Å². The number of hydrogen-bond acceptors (Lipinski definition) is 4. The van der Waals surface area contributed by atoms with Crippen molar-refractivity contribution in [2.24, 2.45) is 0 Å². The monoisotopic (exact) mass is 344 g/mol. The SMILES string of the molecule is O=C(N[C@H]1C[C@@H](COC(F)F)N(C(=O)O)C1)OCc1ccccc1. The first-order valence-corrected chi connectivity index (χ1v) is 7.32. The first kappa shape index (κ1) is 17.9. The molecule has 1 heterocycles. The van der Waals surface area contributed by atoms with Crippen LogP contribution in [0.1, 0.15) is 12.0 Å². The molecule has 2 amide bonds. The molecule has 0 bridgehead atoms. The number of nitrogens with one attached hydrogen (secondary N) is 1. The highest BCUT2D eigenvalue weighted by Gasteiger charge is 2.36. The highest BCUT2D eigenvalue weighted by atomic mass is 19.3. The van der Waals surface area contributed by atoms with Crippen LogP contribution in [0.15, 0.2) is 30.3 Å². The van der Waals surface area contributed by atoms with Gasteiger partial charge in [0.15, 0.2) is 0 Å². The van der Waals surface area contributed by atoms with E-state index in [1.165, 1.54) is 0 Å². The number of benzene rings is 1. The van der Waals surface area contributed by atoms with Gasteiger partial charge in [0.2, 0.25) is 0 Å². The number of amides is 2. The van der Waals surface area contributed by atoms with Crippen molar-refractivity contribution in [2.45, 2.75) is 31.7 Å². The molecule has 1 saturated heterocycles. The van der Waals surface area contributed by atoms with Crippen molar-refractivity contribution < 1.29 is 33.0 Å². The lowest BCUT2D eigenvalue weighted by molar-refractivity contribution is -0.137. The van der Waals surface area contributed by atoms with Crippen LogP contribution in [0.5, 0.6) is 0 Å². The minimum absolute atomic E-state index is 0.00691. The van der Waals surface area contributed by atoms with Gasteiger partial charge >= 0.3 is 18.8 Å². The second kappa shape index (κ2) is 8.44. The summed E-state index contributed by atoms with van der Waals surface area (Å²) >= 11 is 0. The maximum absolute atomic E-state index is 12.1. The third kappa shape index (κ3) is 5.34. The Hall–Kier alpha value is -2.42. The number of carboxylic acid groups (broad SMARTS) is 1. The molecule has 1 aromatic rings. The molecule has 1 fully saturated rings. The van der Waals surface area contributed by atoms with Crippen LogP contribution in [-0.2, 0) is 16.1 Å². The number of carbonyl (C=O) groups excluding carboxylic acids is 1. The van der Waals surface area contributed by atoms with Crippen molar-refractivity contribution in [3.05, 3.63) is 35.9 Å². The zero-order chi connectivity index (χ0) is 17.5. The lowest BCUT2D eigenvalue weighted by Crippen LogP contribution is -2.39. The highest BCUT2D eigenvalue weighted by molar-refractivity contribution is 5.69. The second-order valence-electron chi connectivity index (χ2n) is 5.32. The summed E-state index contributed by atoms with van der Waals surface area (Å²) in [6.07, 6.45) is -1.76. The fourth-order valence-electron chi connectivity index (χ4n) is 2.53. The summed E-state index contributed by atoms with van der Waals surface area (Å²) in [7, 11) is 0. The predicted octanol–water partition coefficient (Wildman–Crippen LogP) is 2.27. The molecule has 2 atom stereocenters. The number of rotatable bonds is 6. The zero-order valence-electron chi connectivity index (χ0n) is 12.7. The van der Waals surface area contributed by atoms with E-state index >= 15 is 0 Å². The van der Waals surface area contributed by atoms with E-state index in [-0.39, 0.29) is 19.6 Å². The molecular formula is C15H18F2N2O5. The summed E-state index contributed by atoms with van der Waals surface area (Å²) in [5.41, 5.74) is 0.814. The van der Waals surface area contributed by atoms with Crippen LogP contribution in [0.25, 0.3) is 0 Å². The minimum atomic E-state index is -2.97. The van der Waals surface area contributed by atoms with E-state index in [0.29, 0.717) is 0 Å². The summed E-state index contributed by atoms with van der Waals surface area (Å²) in [6.45, 7) is -3.32. The molecule has 0 unspecified atom stereocenters. The van der Waals surface area contributed by atoms with E-state index < -0.39 is 37.5 Å². The summed E-state index contributed by atoms with van der Waals surface area (Å²) in [6, 6.07) is 7.80. The number of alkyl carbamates (subject to hydrolysis) is 1. The van der Waals surface area contributed by atoms with Crippen LogP contribution in [0.4, 0.5) is 18.4 Å². The first-order chi connectivity index (χ1) is 11.5. The Bertz CT molecular complexity index is 558. The molecule has 2 rings (SSSR count). The Balaban J connectivity index is 1.81. The molecule has 0 aliphatic carbocycles. The van der Waals surface area contributed by atoms with Crippen molar-refractivity contribution in [3.8, 4) is 0 Å². The fraction of sp³-hybridized carbons (Fsp3) is 0.467. The molecule has 2 N–H and O–H groups in total. The Morgan fingerprint density at radius 2 is 2.04 bits per heavy atom. The van der Waals surface area contributed by atoms with E-state index in [1.807, 2.05) is 18.2 Å². The number of alkyl halides is 2. The number of carbonyl (C=O) groups is 2. The Morgan fingerprint density at radius 3 is 2.67 bits per heavy atom. The molecule has 132 valence electrons. The molecule has 1 aliphatic rings. The number of ether oxygens (including phenoxy) is 2. The number of hydrogen-bond donors (Lipinski definition) is 2. The van der Waals surface area contributed by atoms with E-state index in [0.717, 1.165) is 10.5 Å². The van der Waals surface area contributed by atoms with Gasteiger partial charge in [-0.15, -0.1) is 0 Å². The van der Waals surface area contributed by atoms with Gasteiger partial charge < -0.3 is 24.8 Å². The van der Waals surface area contributed by atoms with Gasteiger partial charge in [-0.25, -0.2) is 9.59 Å². The molecule has 1 aliphatic heterocycles. The largest absolute Gasteiger partial charge is 0.465 e. The Labute approximate surface area is 137 Å². The maximum Gasteiger partial charge on any atom is 0.407 e. The fourth-order valence-corrected chi connectivity index (χ4v) is 2.53.